The molecule has 1 saturated heterocycles. The Kier molecular flexibility index (Phi) is 7.12. The summed E-state index contributed by atoms with van der Waals surface area (Å²) in [6.45, 7) is 10.0. The molecule has 1 aromatic rings. The summed E-state index contributed by atoms with van der Waals surface area (Å²) in [4.78, 5) is 12.0. The van der Waals surface area contributed by atoms with Crippen LogP contribution in [0.1, 0.15) is 59.4 Å². The van der Waals surface area contributed by atoms with Gasteiger partial charge in [-0.05, 0) is 45.2 Å². The first-order valence-corrected chi connectivity index (χ1v) is 9.85. The minimum atomic E-state index is -0.565. The second-order valence-electron chi connectivity index (χ2n) is 7.90. The van der Waals surface area contributed by atoms with Gasteiger partial charge < -0.3 is 14.2 Å². The van der Waals surface area contributed by atoms with Crippen molar-refractivity contribution in [3.63, 3.8) is 0 Å². The summed E-state index contributed by atoms with van der Waals surface area (Å²) in [5.41, 5.74) is 0.545. The summed E-state index contributed by atoms with van der Waals surface area (Å²) in [6.07, 6.45) is 2.61. The normalized spacial score (nSPS) is 22.4. The number of hydrogen-bond donors (Lipinski definition) is 0. The van der Waals surface area contributed by atoms with Gasteiger partial charge in [-0.25, -0.2) is 0 Å². The van der Waals surface area contributed by atoms with Gasteiger partial charge in [0.05, 0.1) is 24.2 Å². The van der Waals surface area contributed by atoms with Crippen molar-refractivity contribution < 1.29 is 19.0 Å². The monoisotopic (exact) mass is 382 g/mol. The lowest BCUT2D eigenvalue weighted by molar-refractivity contribution is -0.180. The molecule has 1 heterocycles. The Balaban J connectivity index is 2.05. The SMILES string of the molecule is CCC1(CC)O[C@@H](CCOC(=O)C(C)(C)C)[C@H](Cc2ccccc2Cl)O1. The zero-order valence-corrected chi connectivity index (χ0v) is 17.3. The average Bonchev–Trinajstić information content (AvgIpc) is 2.94. The summed E-state index contributed by atoms with van der Waals surface area (Å²) in [5.74, 6) is -0.763. The lowest BCUT2D eigenvalue weighted by Gasteiger charge is -2.25. The van der Waals surface area contributed by atoms with Gasteiger partial charge >= 0.3 is 5.97 Å². The molecule has 146 valence electrons. The Morgan fingerprint density at radius 3 is 2.35 bits per heavy atom. The van der Waals surface area contributed by atoms with Gasteiger partial charge in [-0.2, -0.15) is 0 Å². The van der Waals surface area contributed by atoms with Crippen LogP contribution in [0.5, 0.6) is 0 Å². The first kappa shape index (κ1) is 21.2. The molecule has 4 nitrogen and oxygen atoms in total. The third-order valence-electron chi connectivity index (χ3n) is 4.85. The predicted octanol–water partition coefficient (Wildman–Crippen LogP) is 5.16. The third kappa shape index (κ3) is 5.21. The van der Waals surface area contributed by atoms with Crippen molar-refractivity contribution in [2.75, 3.05) is 6.61 Å². The smallest absolute Gasteiger partial charge is 0.311 e. The number of halogens is 1. The van der Waals surface area contributed by atoms with Crippen molar-refractivity contribution in [2.45, 2.75) is 78.3 Å². The summed E-state index contributed by atoms with van der Waals surface area (Å²) in [5, 5.41) is 0.736. The van der Waals surface area contributed by atoms with E-state index in [-0.39, 0.29) is 18.2 Å². The summed E-state index contributed by atoms with van der Waals surface area (Å²) < 4.78 is 18.0. The van der Waals surface area contributed by atoms with E-state index >= 15 is 0 Å². The Bertz CT molecular complexity index is 604. The van der Waals surface area contributed by atoms with E-state index in [1.807, 2.05) is 45.0 Å². The quantitative estimate of drug-likeness (QED) is 0.611. The van der Waals surface area contributed by atoms with E-state index < -0.39 is 11.2 Å². The lowest BCUT2D eigenvalue weighted by Crippen LogP contribution is -2.29. The first-order valence-electron chi connectivity index (χ1n) is 9.47. The van der Waals surface area contributed by atoms with Crippen LogP contribution in [0.3, 0.4) is 0 Å². The highest BCUT2D eigenvalue weighted by Crippen LogP contribution is 2.37. The Hall–Kier alpha value is -1.10. The predicted molar refractivity (Wildman–Crippen MR) is 103 cm³/mol. The zero-order chi connectivity index (χ0) is 19.4. The fraction of sp³-hybridized carbons (Fsp3) is 0.667. The van der Waals surface area contributed by atoms with Gasteiger partial charge in [-0.3, -0.25) is 4.79 Å². The molecular formula is C21H31ClO4. The van der Waals surface area contributed by atoms with Gasteiger partial charge in [0.1, 0.15) is 0 Å². The molecule has 0 spiro atoms. The molecule has 0 aromatic heterocycles. The van der Waals surface area contributed by atoms with Crippen LogP contribution in [0.2, 0.25) is 5.02 Å². The van der Waals surface area contributed by atoms with E-state index in [1.54, 1.807) is 0 Å². The second-order valence-corrected chi connectivity index (χ2v) is 8.31. The average molecular weight is 383 g/mol. The lowest BCUT2D eigenvalue weighted by atomic mass is 9.97. The van der Waals surface area contributed by atoms with Crippen LogP contribution in [0, 0.1) is 5.41 Å². The Labute approximate surface area is 162 Å². The minimum Gasteiger partial charge on any atom is -0.465 e. The molecule has 0 unspecified atom stereocenters. The van der Waals surface area contributed by atoms with E-state index in [1.165, 1.54) is 0 Å². The van der Waals surface area contributed by atoms with Crippen LogP contribution in [-0.4, -0.2) is 30.6 Å². The first-order chi connectivity index (χ1) is 12.2. The molecule has 0 saturated carbocycles. The molecule has 5 heteroatoms. The maximum atomic E-state index is 12.0. The number of carbonyl (C=O) groups excluding carboxylic acids is 1. The number of benzene rings is 1. The van der Waals surface area contributed by atoms with Gasteiger partial charge in [0, 0.05) is 17.9 Å². The fourth-order valence-corrected chi connectivity index (χ4v) is 3.31. The molecule has 1 aliphatic rings. The topological polar surface area (TPSA) is 44.8 Å². The number of rotatable bonds is 7. The molecule has 0 N–H and O–H groups in total. The van der Waals surface area contributed by atoms with Crippen molar-refractivity contribution in [3.8, 4) is 0 Å². The molecule has 0 aliphatic carbocycles. The van der Waals surface area contributed by atoms with Crippen molar-refractivity contribution >= 4 is 17.6 Å². The van der Waals surface area contributed by atoms with Crippen LogP contribution < -0.4 is 0 Å². The molecule has 2 atom stereocenters. The highest BCUT2D eigenvalue weighted by molar-refractivity contribution is 6.31. The van der Waals surface area contributed by atoms with Gasteiger partial charge in [0.15, 0.2) is 5.79 Å². The van der Waals surface area contributed by atoms with E-state index in [0.29, 0.717) is 19.4 Å². The summed E-state index contributed by atoms with van der Waals surface area (Å²) >= 11 is 6.32. The zero-order valence-electron chi connectivity index (χ0n) is 16.5. The molecule has 1 aliphatic heterocycles. The number of carbonyl (C=O) groups is 1. The maximum absolute atomic E-state index is 12.0. The number of hydrogen-bond acceptors (Lipinski definition) is 4. The highest BCUT2D eigenvalue weighted by Gasteiger charge is 2.45. The van der Waals surface area contributed by atoms with Crippen LogP contribution in [0.4, 0.5) is 0 Å². The minimum absolute atomic E-state index is 0.108. The van der Waals surface area contributed by atoms with Crippen LogP contribution >= 0.6 is 11.6 Å². The van der Waals surface area contributed by atoms with Gasteiger partial charge in [0.25, 0.3) is 0 Å². The maximum Gasteiger partial charge on any atom is 0.311 e. The Morgan fingerprint density at radius 2 is 1.77 bits per heavy atom. The van der Waals surface area contributed by atoms with E-state index in [4.69, 9.17) is 25.8 Å². The van der Waals surface area contributed by atoms with Gasteiger partial charge in [-0.15, -0.1) is 0 Å². The molecule has 0 bridgehead atoms. The number of ether oxygens (including phenoxy) is 3. The third-order valence-corrected chi connectivity index (χ3v) is 5.22. The van der Waals surface area contributed by atoms with E-state index in [2.05, 4.69) is 13.8 Å². The highest BCUT2D eigenvalue weighted by atomic mass is 35.5. The molecule has 0 radical (unpaired) electrons. The largest absolute Gasteiger partial charge is 0.465 e. The summed E-state index contributed by atoms with van der Waals surface area (Å²) in [7, 11) is 0. The summed E-state index contributed by atoms with van der Waals surface area (Å²) in [6, 6.07) is 7.80. The molecule has 1 aromatic carbocycles. The molecular weight excluding hydrogens is 352 g/mol. The number of esters is 1. The van der Waals surface area contributed by atoms with Gasteiger partial charge in [-0.1, -0.05) is 43.6 Å². The fourth-order valence-electron chi connectivity index (χ4n) is 3.10. The van der Waals surface area contributed by atoms with Crippen molar-refractivity contribution in [1.29, 1.82) is 0 Å². The van der Waals surface area contributed by atoms with Crippen LogP contribution in [0.15, 0.2) is 24.3 Å². The van der Waals surface area contributed by atoms with Crippen LogP contribution in [0.25, 0.3) is 0 Å². The molecule has 1 fully saturated rings. The molecule has 2 rings (SSSR count). The van der Waals surface area contributed by atoms with Crippen LogP contribution in [-0.2, 0) is 25.4 Å². The van der Waals surface area contributed by atoms with E-state index in [0.717, 1.165) is 23.4 Å². The van der Waals surface area contributed by atoms with E-state index in [9.17, 15) is 4.79 Å². The van der Waals surface area contributed by atoms with Crippen molar-refractivity contribution in [2.24, 2.45) is 5.41 Å². The van der Waals surface area contributed by atoms with Crippen molar-refractivity contribution in [1.82, 2.24) is 0 Å². The van der Waals surface area contributed by atoms with Gasteiger partial charge in [0.2, 0.25) is 0 Å². The standard InChI is InChI=1S/C21H31ClO4/c1-6-21(7-2)25-17(12-13-24-19(23)20(3,4)5)18(26-21)14-15-10-8-9-11-16(15)22/h8-11,17-18H,6-7,12-14H2,1-5H3/t17-,18-/m0/s1. The Morgan fingerprint density at radius 1 is 1.15 bits per heavy atom. The van der Waals surface area contributed by atoms with Crippen molar-refractivity contribution in [3.05, 3.63) is 34.9 Å². The molecule has 26 heavy (non-hydrogen) atoms. The second kappa shape index (κ2) is 8.73. The molecule has 0 amide bonds.